The smallest absolute Gasteiger partial charge is 0.337 e. The van der Waals surface area contributed by atoms with E-state index >= 15 is 0 Å². The average molecular weight is 268 g/mol. The molecule has 0 amide bonds. The summed E-state index contributed by atoms with van der Waals surface area (Å²) >= 11 is 0. The number of carbonyl (C=O) groups excluding carboxylic acids is 1. The zero-order valence-corrected chi connectivity index (χ0v) is 11.3. The first-order valence-corrected chi connectivity index (χ1v) is 6.72. The molecule has 0 spiro atoms. The van der Waals surface area contributed by atoms with Crippen molar-refractivity contribution >= 4 is 5.97 Å². The van der Waals surface area contributed by atoms with Gasteiger partial charge in [0, 0.05) is 0 Å². The first-order chi connectivity index (χ1) is 9.76. The van der Waals surface area contributed by atoms with E-state index in [-0.39, 0.29) is 5.97 Å². The van der Waals surface area contributed by atoms with Crippen LogP contribution in [0.3, 0.4) is 0 Å². The highest BCUT2D eigenvalue weighted by Gasteiger charge is 2.22. The minimum atomic E-state index is -0.342. The molecule has 0 atom stereocenters. The van der Waals surface area contributed by atoms with Crippen LogP contribution in [0.5, 0.6) is 11.5 Å². The molecule has 3 nitrogen and oxygen atoms in total. The van der Waals surface area contributed by atoms with Gasteiger partial charge in [0.05, 0.1) is 12.7 Å². The molecule has 0 aromatic heterocycles. The van der Waals surface area contributed by atoms with Crippen LogP contribution in [-0.2, 0) is 4.74 Å². The highest BCUT2D eigenvalue weighted by atomic mass is 16.5. The van der Waals surface area contributed by atoms with Crippen molar-refractivity contribution in [3.8, 4) is 11.5 Å². The normalized spacial score (nSPS) is 13.8. The summed E-state index contributed by atoms with van der Waals surface area (Å²) in [6.45, 7) is 0. The molecule has 0 bridgehead atoms. The summed E-state index contributed by atoms with van der Waals surface area (Å²) in [5.41, 5.74) is 1.90. The summed E-state index contributed by atoms with van der Waals surface area (Å²) in [5, 5.41) is 0. The summed E-state index contributed by atoms with van der Waals surface area (Å²) in [4.78, 5) is 11.3. The molecule has 1 saturated carbocycles. The van der Waals surface area contributed by atoms with E-state index < -0.39 is 0 Å². The van der Waals surface area contributed by atoms with Crippen LogP contribution in [0.25, 0.3) is 0 Å². The van der Waals surface area contributed by atoms with Gasteiger partial charge < -0.3 is 9.47 Å². The molecule has 102 valence electrons. The SMILES string of the molecule is COC(=O)c1ccc(Oc2ccc(C3CC3)cc2)cc1. The number of rotatable bonds is 4. The Kier molecular flexibility index (Phi) is 3.42. The first-order valence-electron chi connectivity index (χ1n) is 6.72. The summed E-state index contributed by atoms with van der Waals surface area (Å²) in [5.74, 6) is 1.92. The van der Waals surface area contributed by atoms with Gasteiger partial charge in [0.2, 0.25) is 0 Å². The van der Waals surface area contributed by atoms with E-state index in [1.165, 1.54) is 25.5 Å². The quantitative estimate of drug-likeness (QED) is 0.782. The lowest BCUT2D eigenvalue weighted by molar-refractivity contribution is 0.0600. The highest BCUT2D eigenvalue weighted by Crippen LogP contribution is 2.40. The molecule has 1 fully saturated rings. The third-order valence-electron chi connectivity index (χ3n) is 3.44. The van der Waals surface area contributed by atoms with Gasteiger partial charge in [-0.1, -0.05) is 12.1 Å². The first kappa shape index (κ1) is 12.7. The highest BCUT2D eigenvalue weighted by molar-refractivity contribution is 5.89. The maximum atomic E-state index is 11.3. The summed E-state index contributed by atoms with van der Waals surface area (Å²) in [7, 11) is 1.37. The summed E-state index contributed by atoms with van der Waals surface area (Å²) < 4.78 is 10.4. The van der Waals surface area contributed by atoms with Crippen molar-refractivity contribution in [1.29, 1.82) is 0 Å². The Morgan fingerprint density at radius 1 is 0.950 bits per heavy atom. The van der Waals surface area contributed by atoms with Crippen molar-refractivity contribution in [2.75, 3.05) is 7.11 Å². The van der Waals surface area contributed by atoms with E-state index in [0.717, 1.165) is 11.7 Å². The minimum absolute atomic E-state index is 0.342. The van der Waals surface area contributed by atoms with Gasteiger partial charge in [-0.05, 0) is 60.7 Å². The number of hydrogen-bond acceptors (Lipinski definition) is 3. The van der Waals surface area contributed by atoms with Gasteiger partial charge in [-0.2, -0.15) is 0 Å². The third-order valence-corrected chi connectivity index (χ3v) is 3.44. The predicted octanol–water partition coefficient (Wildman–Crippen LogP) is 4.14. The van der Waals surface area contributed by atoms with Crippen LogP contribution in [0.2, 0.25) is 0 Å². The molecule has 0 aliphatic heterocycles. The molecule has 3 rings (SSSR count). The number of esters is 1. The van der Waals surface area contributed by atoms with Crippen LogP contribution in [0.15, 0.2) is 48.5 Å². The third kappa shape index (κ3) is 2.82. The van der Waals surface area contributed by atoms with Gasteiger partial charge in [0.15, 0.2) is 0 Å². The van der Waals surface area contributed by atoms with E-state index in [0.29, 0.717) is 11.3 Å². The lowest BCUT2D eigenvalue weighted by Gasteiger charge is -2.07. The number of methoxy groups -OCH3 is 1. The van der Waals surface area contributed by atoms with Gasteiger partial charge in [0.1, 0.15) is 11.5 Å². The van der Waals surface area contributed by atoms with Crippen LogP contribution < -0.4 is 4.74 Å². The van der Waals surface area contributed by atoms with E-state index in [4.69, 9.17) is 4.74 Å². The monoisotopic (exact) mass is 268 g/mol. The van der Waals surface area contributed by atoms with E-state index in [1.54, 1.807) is 24.3 Å². The average Bonchev–Trinajstić information content (AvgIpc) is 3.33. The number of carbonyl (C=O) groups is 1. The summed E-state index contributed by atoms with van der Waals surface area (Å²) in [6, 6.07) is 15.1. The second kappa shape index (κ2) is 5.37. The van der Waals surface area contributed by atoms with Crippen LogP contribution in [0.4, 0.5) is 0 Å². The molecule has 0 radical (unpaired) electrons. The van der Waals surface area contributed by atoms with Crippen molar-refractivity contribution in [3.05, 3.63) is 59.7 Å². The number of ether oxygens (including phenoxy) is 2. The zero-order chi connectivity index (χ0) is 13.9. The van der Waals surface area contributed by atoms with Crippen LogP contribution >= 0.6 is 0 Å². The second-order valence-corrected chi connectivity index (χ2v) is 4.96. The van der Waals surface area contributed by atoms with Gasteiger partial charge in [0.25, 0.3) is 0 Å². The molecule has 3 heteroatoms. The second-order valence-electron chi connectivity index (χ2n) is 4.96. The minimum Gasteiger partial charge on any atom is -0.465 e. The summed E-state index contributed by atoms with van der Waals surface area (Å²) in [6.07, 6.45) is 2.60. The fourth-order valence-corrected chi connectivity index (χ4v) is 2.14. The molecule has 1 aliphatic carbocycles. The predicted molar refractivity (Wildman–Crippen MR) is 76.3 cm³/mol. The fourth-order valence-electron chi connectivity index (χ4n) is 2.14. The van der Waals surface area contributed by atoms with E-state index in [1.807, 2.05) is 12.1 Å². The Bertz CT molecular complexity index is 595. The maximum absolute atomic E-state index is 11.3. The lowest BCUT2D eigenvalue weighted by Crippen LogP contribution is -2.00. The number of benzene rings is 2. The van der Waals surface area contributed by atoms with E-state index in [9.17, 15) is 4.79 Å². The Balaban J connectivity index is 1.68. The van der Waals surface area contributed by atoms with Gasteiger partial charge in [-0.25, -0.2) is 4.79 Å². The molecule has 20 heavy (non-hydrogen) atoms. The molecular weight excluding hydrogens is 252 g/mol. The zero-order valence-electron chi connectivity index (χ0n) is 11.3. The Morgan fingerprint density at radius 2 is 1.50 bits per heavy atom. The topological polar surface area (TPSA) is 35.5 Å². The largest absolute Gasteiger partial charge is 0.465 e. The molecule has 0 heterocycles. The van der Waals surface area contributed by atoms with Crippen LogP contribution in [0.1, 0.15) is 34.7 Å². The van der Waals surface area contributed by atoms with Crippen molar-refractivity contribution < 1.29 is 14.3 Å². The standard InChI is InChI=1S/C17H16O3/c1-19-17(18)14-6-10-16(11-7-14)20-15-8-4-13(5-9-15)12-2-3-12/h4-12H,2-3H2,1H3. The molecule has 1 aliphatic rings. The Labute approximate surface area is 118 Å². The van der Waals surface area contributed by atoms with Gasteiger partial charge in [-0.15, -0.1) is 0 Å². The van der Waals surface area contributed by atoms with Crippen molar-refractivity contribution in [2.24, 2.45) is 0 Å². The maximum Gasteiger partial charge on any atom is 0.337 e. The molecule has 2 aromatic carbocycles. The Morgan fingerprint density at radius 3 is 2.00 bits per heavy atom. The van der Waals surface area contributed by atoms with Gasteiger partial charge in [-0.3, -0.25) is 0 Å². The molecule has 0 unspecified atom stereocenters. The van der Waals surface area contributed by atoms with Crippen molar-refractivity contribution in [3.63, 3.8) is 0 Å². The molecule has 2 aromatic rings. The fraction of sp³-hybridized carbons (Fsp3) is 0.235. The van der Waals surface area contributed by atoms with Crippen molar-refractivity contribution in [1.82, 2.24) is 0 Å². The molecule has 0 saturated heterocycles. The van der Waals surface area contributed by atoms with Gasteiger partial charge >= 0.3 is 5.97 Å². The molecule has 0 N–H and O–H groups in total. The molecular formula is C17H16O3. The lowest BCUT2D eigenvalue weighted by atomic mass is 10.1. The van der Waals surface area contributed by atoms with Crippen LogP contribution in [0, 0.1) is 0 Å². The van der Waals surface area contributed by atoms with E-state index in [2.05, 4.69) is 16.9 Å². The van der Waals surface area contributed by atoms with Crippen LogP contribution in [-0.4, -0.2) is 13.1 Å². The number of hydrogen-bond donors (Lipinski definition) is 0. The van der Waals surface area contributed by atoms with Crippen molar-refractivity contribution in [2.45, 2.75) is 18.8 Å². The Hall–Kier alpha value is -2.29.